The fraction of sp³-hybridized carbons (Fsp3) is 0.368. The summed E-state index contributed by atoms with van der Waals surface area (Å²) in [5.41, 5.74) is 1.60. The van der Waals surface area contributed by atoms with Gasteiger partial charge in [0.05, 0.1) is 17.1 Å². The van der Waals surface area contributed by atoms with E-state index in [-0.39, 0.29) is 17.8 Å². The van der Waals surface area contributed by atoms with Gasteiger partial charge in [0.1, 0.15) is 18.0 Å². The van der Waals surface area contributed by atoms with Gasteiger partial charge in [-0.05, 0) is 37.5 Å². The monoisotopic (exact) mass is 355 g/mol. The normalized spacial score (nSPS) is 12.5. The number of amides is 1. The molecule has 26 heavy (non-hydrogen) atoms. The molecule has 1 aromatic carbocycles. The molecule has 0 unspecified atom stereocenters. The summed E-state index contributed by atoms with van der Waals surface area (Å²) in [5, 5.41) is 7.78. The number of benzene rings is 1. The first-order valence-electron chi connectivity index (χ1n) is 8.57. The number of hydrogen-bond acceptors (Lipinski definition) is 4. The van der Waals surface area contributed by atoms with Crippen LogP contribution < -0.4 is 5.32 Å². The minimum Gasteiger partial charge on any atom is -0.342 e. The number of hydrogen-bond donors (Lipinski definition) is 1. The highest BCUT2D eigenvalue weighted by Crippen LogP contribution is 2.23. The van der Waals surface area contributed by atoms with Crippen LogP contribution in [0, 0.1) is 18.7 Å². The third-order valence-corrected chi connectivity index (χ3v) is 4.22. The summed E-state index contributed by atoms with van der Waals surface area (Å²) < 4.78 is 15.2. The maximum absolute atomic E-state index is 13.5. The molecule has 2 heterocycles. The van der Waals surface area contributed by atoms with Crippen molar-refractivity contribution < 1.29 is 9.18 Å². The van der Waals surface area contributed by atoms with Crippen LogP contribution in [0.25, 0.3) is 10.9 Å². The van der Waals surface area contributed by atoms with Crippen molar-refractivity contribution in [2.45, 2.75) is 33.2 Å². The van der Waals surface area contributed by atoms with Gasteiger partial charge in [0, 0.05) is 24.2 Å². The molecular weight excluding hydrogens is 333 g/mol. The second kappa shape index (κ2) is 7.19. The Hall–Kier alpha value is -2.83. The quantitative estimate of drug-likeness (QED) is 0.762. The average Bonchev–Trinajstić information content (AvgIpc) is 2.98. The lowest BCUT2D eigenvalue weighted by Crippen LogP contribution is -2.31. The predicted molar refractivity (Wildman–Crippen MR) is 97.1 cm³/mol. The van der Waals surface area contributed by atoms with Gasteiger partial charge in [0.15, 0.2) is 0 Å². The summed E-state index contributed by atoms with van der Waals surface area (Å²) in [7, 11) is 1.80. The van der Waals surface area contributed by atoms with E-state index in [1.54, 1.807) is 30.8 Å². The first-order chi connectivity index (χ1) is 12.3. The Bertz CT molecular complexity index is 945. The number of carbonyl (C=O) groups excluding carboxylic acids is 1. The summed E-state index contributed by atoms with van der Waals surface area (Å²) in [5.74, 6) is 0.453. The van der Waals surface area contributed by atoms with E-state index in [0.717, 1.165) is 6.42 Å². The minimum absolute atomic E-state index is 0.235. The molecule has 0 saturated heterocycles. The van der Waals surface area contributed by atoms with Crippen molar-refractivity contribution in [1.82, 2.24) is 25.1 Å². The average molecular weight is 355 g/mol. The van der Waals surface area contributed by atoms with Crippen molar-refractivity contribution in [3.05, 3.63) is 53.5 Å². The SMILES string of the molecule is Cc1cc(C(=O)N[C@H](CC(C)C)c2ncnn2C)c2ccc(F)cc2n1. The molecule has 0 radical (unpaired) electrons. The summed E-state index contributed by atoms with van der Waals surface area (Å²) in [6, 6.07) is 5.72. The number of nitrogens with one attached hydrogen (secondary N) is 1. The van der Waals surface area contributed by atoms with E-state index in [1.165, 1.54) is 18.5 Å². The lowest BCUT2D eigenvalue weighted by atomic mass is 10.0. The Morgan fingerprint density at radius 3 is 2.73 bits per heavy atom. The second-order valence-corrected chi connectivity index (χ2v) is 6.87. The number of aryl methyl sites for hydroxylation is 2. The Kier molecular flexibility index (Phi) is 4.97. The summed E-state index contributed by atoms with van der Waals surface area (Å²) in [4.78, 5) is 21.6. The molecule has 136 valence electrons. The van der Waals surface area contributed by atoms with Crippen molar-refractivity contribution in [3.63, 3.8) is 0 Å². The second-order valence-electron chi connectivity index (χ2n) is 6.87. The standard InChI is InChI=1S/C19H22FN5O/c1-11(2)7-17(18-21-10-22-25(18)4)24-19(26)15-8-12(3)23-16-9-13(20)5-6-14(15)16/h5-6,8-11,17H,7H2,1-4H3,(H,24,26)/t17-/m1/s1. The van der Waals surface area contributed by atoms with E-state index in [2.05, 4.69) is 34.2 Å². The third kappa shape index (κ3) is 3.71. The molecule has 2 aromatic heterocycles. The summed E-state index contributed by atoms with van der Waals surface area (Å²) in [6.45, 7) is 5.96. The van der Waals surface area contributed by atoms with Crippen LogP contribution in [0.4, 0.5) is 4.39 Å². The van der Waals surface area contributed by atoms with Gasteiger partial charge in [-0.15, -0.1) is 0 Å². The fourth-order valence-corrected chi connectivity index (χ4v) is 3.08. The largest absolute Gasteiger partial charge is 0.342 e. The Morgan fingerprint density at radius 2 is 2.08 bits per heavy atom. The minimum atomic E-state index is -0.376. The Balaban J connectivity index is 1.98. The molecule has 1 amide bonds. The van der Waals surface area contributed by atoms with Crippen LogP contribution in [0.1, 0.15) is 48.2 Å². The van der Waals surface area contributed by atoms with Crippen LogP contribution in [0.3, 0.4) is 0 Å². The van der Waals surface area contributed by atoms with Crippen LogP contribution in [0.5, 0.6) is 0 Å². The number of carbonyl (C=O) groups is 1. The molecule has 3 rings (SSSR count). The molecule has 7 heteroatoms. The first-order valence-corrected chi connectivity index (χ1v) is 8.57. The highest BCUT2D eigenvalue weighted by molar-refractivity contribution is 6.06. The molecule has 1 N–H and O–H groups in total. The molecule has 0 spiro atoms. The zero-order chi connectivity index (χ0) is 18.8. The number of halogens is 1. The molecule has 0 fully saturated rings. The van der Waals surface area contributed by atoms with E-state index >= 15 is 0 Å². The van der Waals surface area contributed by atoms with Crippen LogP contribution in [0.15, 0.2) is 30.6 Å². The van der Waals surface area contributed by atoms with Crippen molar-refractivity contribution in [2.24, 2.45) is 13.0 Å². The predicted octanol–water partition coefficient (Wildman–Crippen LogP) is 3.33. The first kappa shape index (κ1) is 18.0. The molecule has 6 nitrogen and oxygen atoms in total. The van der Waals surface area contributed by atoms with Gasteiger partial charge in [-0.1, -0.05) is 13.8 Å². The molecule has 0 aliphatic heterocycles. The van der Waals surface area contributed by atoms with Crippen molar-refractivity contribution in [1.29, 1.82) is 0 Å². The van der Waals surface area contributed by atoms with Crippen LogP contribution in [-0.4, -0.2) is 25.7 Å². The van der Waals surface area contributed by atoms with Gasteiger partial charge in [-0.2, -0.15) is 5.10 Å². The molecule has 0 saturated carbocycles. The van der Waals surface area contributed by atoms with Crippen molar-refractivity contribution >= 4 is 16.8 Å². The van der Waals surface area contributed by atoms with Gasteiger partial charge in [-0.25, -0.2) is 9.37 Å². The maximum atomic E-state index is 13.5. The lowest BCUT2D eigenvalue weighted by molar-refractivity contribution is 0.0930. The van der Waals surface area contributed by atoms with Gasteiger partial charge in [0.2, 0.25) is 0 Å². The number of pyridine rings is 1. The zero-order valence-electron chi connectivity index (χ0n) is 15.3. The van der Waals surface area contributed by atoms with Gasteiger partial charge < -0.3 is 5.32 Å². The van der Waals surface area contributed by atoms with E-state index in [1.807, 2.05) is 0 Å². The number of fused-ring (bicyclic) bond motifs is 1. The maximum Gasteiger partial charge on any atom is 0.252 e. The molecule has 0 bridgehead atoms. The van der Waals surface area contributed by atoms with Gasteiger partial charge >= 0.3 is 0 Å². The topological polar surface area (TPSA) is 72.7 Å². The van der Waals surface area contributed by atoms with Gasteiger partial charge in [0.25, 0.3) is 5.91 Å². The molecule has 0 aliphatic carbocycles. The van der Waals surface area contributed by atoms with Crippen molar-refractivity contribution in [2.75, 3.05) is 0 Å². The molecule has 0 aliphatic rings. The molecule has 3 aromatic rings. The highest BCUT2D eigenvalue weighted by atomic mass is 19.1. The Labute approximate surface area is 151 Å². The fourth-order valence-electron chi connectivity index (χ4n) is 3.08. The molecule has 1 atom stereocenters. The van der Waals surface area contributed by atoms with E-state index < -0.39 is 0 Å². The zero-order valence-corrected chi connectivity index (χ0v) is 15.3. The van der Waals surface area contributed by atoms with Crippen molar-refractivity contribution in [3.8, 4) is 0 Å². The third-order valence-electron chi connectivity index (χ3n) is 4.22. The summed E-state index contributed by atoms with van der Waals surface area (Å²) >= 11 is 0. The van der Waals surface area contributed by atoms with E-state index in [4.69, 9.17) is 0 Å². The smallest absolute Gasteiger partial charge is 0.252 e. The number of nitrogens with zero attached hydrogens (tertiary/aromatic N) is 4. The highest BCUT2D eigenvalue weighted by Gasteiger charge is 2.22. The Morgan fingerprint density at radius 1 is 1.31 bits per heavy atom. The summed E-state index contributed by atoms with van der Waals surface area (Å²) in [6.07, 6.45) is 2.21. The van der Waals surface area contributed by atoms with Crippen LogP contribution in [-0.2, 0) is 7.05 Å². The van der Waals surface area contributed by atoms with Crippen LogP contribution in [0.2, 0.25) is 0 Å². The lowest BCUT2D eigenvalue weighted by Gasteiger charge is -2.20. The number of rotatable bonds is 5. The van der Waals surface area contributed by atoms with E-state index in [0.29, 0.717) is 33.9 Å². The molecular formula is C19H22FN5O. The number of aromatic nitrogens is 4. The van der Waals surface area contributed by atoms with Gasteiger partial charge in [-0.3, -0.25) is 14.5 Å². The van der Waals surface area contributed by atoms with Crippen LogP contribution >= 0.6 is 0 Å². The van der Waals surface area contributed by atoms with E-state index in [9.17, 15) is 9.18 Å².